The van der Waals surface area contributed by atoms with Gasteiger partial charge in [-0.05, 0) is 19.1 Å². The molecule has 1 aromatic carbocycles. The van der Waals surface area contributed by atoms with E-state index in [9.17, 15) is 4.79 Å². The molecule has 1 aromatic rings. The first kappa shape index (κ1) is 14.4. The third-order valence-corrected chi connectivity index (χ3v) is 3.26. The van der Waals surface area contributed by atoms with Gasteiger partial charge in [-0.2, -0.15) is 0 Å². The first-order valence-corrected chi connectivity index (χ1v) is 6.95. The van der Waals surface area contributed by atoms with Crippen LogP contribution in [0.1, 0.15) is 13.3 Å². The summed E-state index contributed by atoms with van der Waals surface area (Å²) < 4.78 is 0. The molecule has 1 fully saturated rings. The van der Waals surface area contributed by atoms with Crippen molar-refractivity contribution >= 4 is 17.6 Å². The summed E-state index contributed by atoms with van der Waals surface area (Å²) in [6, 6.07) is 9.90. The van der Waals surface area contributed by atoms with Gasteiger partial charge in [-0.15, -0.1) is 0 Å². The maximum Gasteiger partial charge on any atom is 0.229 e. The van der Waals surface area contributed by atoms with Crippen molar-refractivity contribution in [1.29, 1.82) is 0 Å². The molecule has 0 radical (unpaired) electrons. The summed E-state index contributed by atoms with van der Waals surface area (Å²) >= 11 is 0. The molecule has 1 aliphatic rings. The van der Waals surface area contributed by atoms with Crippen molar-refractivity contribution in [2.45, 2.75) is 19.4 Å². The summed E-state index contributed by atoms with van der Waals surface area (Å²) in [4.78, 5) is 20.3. The number of hydrogen-bond donors (Lipinski definition) is 1. The lowest BCUT2D eigenvalue weighted by atomic mass is 10.2. The Labute approximate surface area is 120 Å². The van der Waals surface area contributed by atoms with E-state index in [0.717, 1.165) is 18.2 Å². The van der Waals surface area contributed by atoms with Gasteiger partial charge >= 0.3 is 0 Å². The first-order chi connectivity index (χ1) is 9.61. The molecule has 0 bridgehead atoms. The number of para-hydroxylation sites is 1. The Balaban J connectivity index is 2.04. The Bertz CT molecular complexity index is 484. The normalized spacial score (nSPS) is 19.4. The summed E-state index contributed by atoms with van der Waals surface area (Å²) in [7, 11) is 3.90. The zero-order chi connectivity index (χ0) is 14.5. The molecule has 1 aliphatic heterocycles. The minimum Gasteiger partial charge on any atom is -0.351 e. The number of hydrogen-bond acceptors (Lipinski definition) is 2. The number of carbonyl (C=O) groups is 1. The molecule has 2 rings (SSSR count). The molecule has 0 aliphatic carbocycles. The molecule has 1 saturated heterocycles. The number of nitrogens with one attached hydrogen (secondary N) is 1. The zero-order valence-electron chi connectivity index (χ0n) is 12.3. The van der Waals surface area contributed by atoms with Crippen LogP contribution in [0.3, 0.4) is 0 Å². The van der Waals surface area contributed by atoms with Crippen molar-refractivity contribution in [1.82, 2.24) is 10.2 Å². The fraction of sp³-hybridized carbons (Fsp3) is 0.467. The molecule has 1 atom stereocenters. The summed E-state index contributed by atoms with van der Waals surface area (Å²) in [6.45, 7) is 3.41. The number of benzene rings is 1. The number of nitrogens with zero attached hydrogens (tertiary/aromatic N) is 3. The maximum atomic E-state index is 12.1. The van der Waals surface area contributed by atoms with Crippen molar-refractivity contribution in [3.05, 3.63) is 30.3 Å². The maximum absolute atomic E-state index is 12.1. The monoisotopic (exact) mass is 274 g/mol. The van der Waals surface area contributed by atoms with Crippen LogP contribution >= 0.6 is 0 Å². The summed E-state index contributed by atoms with van der Waals surface area (Å²) in [5.74, 6) is 0.989. The van der Waals surface area contributed by atoms with Gasteiger partial charge in [-0.1, -0.05) is 18.2 Å². The second kappa shape index (κ2) is 6.41. The molecule has 0 saturated carbocycles. The standard InChI is InChI=1S/C15H22N4O/c1-4-16-15(18(2)3)17-12-10-14(20)19(11-12)13-8-6-5-7-9-13/h5-9,12H,4,10-11H2,1-3H3,(H,16,17). The third-order valence-electron chi connectivity index (χ3n) is 3.26. The van der Waals surface area contributed by atoms with Crippen LogP contribution < -0.4 is 10.2 Å². The fourth-order valence-electron chi connectivity index (χ4n) is 2.31. The summed E-state index contributed by atoms with van der Waals surface area (Å²) in [5, 5.41) is 3.36. The minimum absolute atomic E-state index is 0.107. The number of guanidine groups is 1. The minimum atomic E-state index is 0.107. The van der Waals surface area contributed by atoms with Gasteiger partial charge in [0.15, 0.2) is 5.96 Å². The quantitative estimate of drug-likeness (QED) is 0.668. The predicted octanol–water partition coefficient (Wildman–Crippen LogP) is 1.32. The molecule has 1 heterocycles. The van der Waals surface area contributed by atoms with E-state index in [-0.39, 0.29) is 11.9 Å². The average molecular weight is 274 g/mol. The van der Waals surface area contributed by atoms with Crippen molar-refractivity contribution in [3.8, 4) is 0 Å². The largest absolute Gasteiger partial charge is 0.351 e. The lowest BCUT2D eigenvalue weighted by Gasteiger charge is -2.22. The van der Waals surface area contributed by atoms with E-state index in [1.54, 1.807) is 0 Å². The van der Waals surface area contributed by atoms with E-state index in [2.05, 4.69) is 10.3 Å². The van der Waals surface area contributed by atoms with Crippen LogP contribution in [0.4, 0.5) is 5.69 Å². The molecule has 1 unspecified atom stereocenters. The fourth-order valence-corrected chi connectivity index (χ4v) is 2.31. The predicted molar refractivity (Wildman–Crippen MR) is 82.0 cm³/mol. The Morgan fingerprint density at radius 1 is 1.40 bits per heavy atom. The Hall–Kier alpha value is -2.04. The lowest BCUT2D eigenvalue weighted by Crippen LogP contribution is -2.44. The van der Waals surface area contributed by atoms with Gasteiger partial charge in [0.1, 0.15) is 0 Å². The van der Waals surface area contributed by atoms with Gasteiger partial charge in [0.2, 0.25) is 5.91 Å². The van der Waals surface area contributed by atoms with E-state index >= 15 is 0 Å². The topological polar surface area (TPSA) is 47.9 Å². The van der Waals surface area contributed by atoms with Crippen LogP contribution in [-0.2, 0) is 4.79 Å². The number of carbonyl (C=O) groups excluding carboxylic acids is 1. The Kier molecular flexibility index (Phi) is 4.61. The molecular weight excluding hydrogens is 252 g/mol. The van der Waals surface area contributed by atoms with E-state index in [0.29, 0.717) is 13.0 Å². The second-order valence-electron chi connectivity index (χ2n) is 5.08. The van der Waals surface area contributed by atoms with Crippen LogP contribution in [0.5, 0.6) is 0 Å². The summed E-state index contributed by atoms with van der Waals surface area (Å²) in [5.41, 5.74) is 0.959. The highest BCUT2D eigenvalue weighted by atomic mass is 16.2. The van der Waals surface area contributed by atoms with Crippen LogP contribution in [0.2, 0.25) is 0 Å². The number of anilines is 1. The summed E-state index contributed by atoms with van der Waals surface area (Å²) in [6.07, 6.45) is 0.505. The zero-order valence-corrected chi connectivity index (χ0v) is 12.3. The Morgan fingerprint density at radius 2 is 2.10 bits per heavy atom. The highest BCUT2D eigenvalue weighted by molar-refractivity contribution is 5.96. The van der Waals surface area contributed by atoms with Crippen molar-refractivity contribution in [3.63, 3.8) is 0 Å². The smallest absolute Gasteiger partial charge is 0.229 e. The van der Waals surface area contributed by atoms with Crippen LogP contribution in [0, 0.1) is 0 Å². The highest BCUT2D eigenvalue weighted by Gasteiger charge is 2.31. The Morgan fingerprint density at radius 3 is 2.70 bits per heavy atom. The SMILES string of the molecule is CCN=C(NC1CC(=O)N(c2ccccc2)C1)N(C)C. The van der Waals surface area contributed by atoms with Gasteiger partial charge in [-0.3, -0.25) is 9.79 Å². The van der Waals surface area contributed by atoms with Crippen LogP contribution in [0.25, 0.3) is 0 Å². The molecule has 5 heteroatoms. The van der Waals surface area contributed by atoms with Gasteiger partial charge < -0.3 is 15.1 Å². The molecule has 1 amide bonds. The van der Waals surface area contributed by atoms with Gasteiger partial charge in [0.25, 0.3) is 0 Å². The molecule has 1 N–H and O–H groups in total. The van der Waals surface area contributed by atoms with E-state index in [4.69, 9.17) is 0 Å². The first-order valence-electron chi connectivity index (χ1n) is 6.95. The number of aliphatic imine (C=N–C) groups is 1. The highest BCUT2D eigenvalue weighted by Crippen LogP contribution is 2.20. The van der Waals surface area contributed by atoms with Gasteiger partial charge in [0, 0.05) is 39.3 Å². The molecular formula is C15H22N4O. The van der Waals surface area contributed by atoms with Crippen LogP contribution in [0.15, 0.2) is 35.3 Å². The molecule has 108 valence electrons. The molecule has 0 spiro atoms. The molecule has 0 aromatic heterocycles. The van der Waals surface area contributed by atoms with Crippen LogP contribution in [-0.4, -0.2) is 50.0 Å². The average Bonchev–Trinajstić information content (AvgIpc) is 2.80. The second-order valence-corrected chi connectivity index (χ2v) is 5.08. The van der Waals surface area contributed by atoms with Crippen molar-refractivity contribution < 1.29 is 4.79 Å². The number of rotatable bonds is 3. The van der Waals surface area contributed by atoms with E-state index < -0.39 is 0 Å². The van der Waals surface area contributed by atoms with Gasteiger partial charge in [-0.25, -0.2) is 0 Å². The molecule has 5 nitrogen and oxygen atoms in total. The van der Waals surface area contributed by atoms with Crippen molar-refractivity contribution in [2.24, 2.45) is 4.99 Å². The van der Waals surface area contributed by atoms with E-state index in [1.807, 2.05) is 61.2 Å². The van der Waals surface area contributed by atoms with Gasteiger partial charge in [0.05, 0.1) is 6.04 Å². The molecule has 20 heavy (non-hydrogen) atoms. The van der Waals surface area contributed by atoms with Crippen molar-refractivity contribution in [2.75, 3.05) is 32.1 Å². The van der Waals surface area contributed by atoms with E-state index in [1.165, 1.54) is 0 Å². The number of amides is 1. The lowest BCUT2D eigenvalue weighted by molar-refractivity contribution is -0.117. The third kappa shape index (κ3) is 3.29.